The van der Waals surface area contributed by atoms with Gasteiger partial charge in [0, 0.05) is 25.4 Å². The summed E-state index contributed by atoms with van der Waals surface area (Å²) in [5, 5.41) is 10.9. The zero-order valence-corrected chi connectivity index (χ0v) is 11.9. The summed E-state index contributed by atoms with van der Waals surface area (Å²) >= 11 is 0. The van der Waals surface area contributed by atoms with Gasteiger partial charge >= 0.3 is 11.2 Å². The second kappa shape index (κ2) is 6.17. The van der Waals surface area contributed by atoms with Crippen molar-refractivity contribution in [1.82, 2.24) is 4.57 Å². The Morgan fingerprint density at radius 1 is 1.40 bits per heavy atom. The largest absolute Gasteiger partial charge is 0.381 e. The zero-order valence-electron chi connectivity index (χ0n) is 11.9. The minimum Gasteiger partial charge on any atom is -0.381 e. The topological polar surface area (TPSA) is 74.4 Å². The summed E-state index contributed by atoms with van der Waals surface area (Å²) in [5.74, 6) is 0.390. The molecule has 1 aromatic heterocycles. The molecule has 0 aliphatic heterocycles. The molecule has 0 bridgehead atoms. The van der Waals surface area contributed by atoms with Gasteiger partial charge in [0.1, 0.15) is 0 Å². The Bertz CT molecular complexity index is 545. The van der Waals surface area contributed by atoms with Gasteiger partial charge < -0.3 is 9.30 Å². The molecule has 1 fully saturated rings. The smallest absolute Gasteiger partial charge is 0.336 e. The zero-order chi connectivity index (χ0) is 14.7. The summed E-state index contributed by atoms with van der Waals surface area (Å²) in [6, 6.07) is 1.64. The Morgan fingerprint density at radius 2 is 2.05 bits per heavy atom. The molecule has 6 nitrogen and oxygen atoms in total. The number of nitro groups is 1. The molecule has 6 heteroatoms. The quantitative estimate of drug-likeness (QED) is 0.626. The van der Waals surface area contributed by atoms with Crippen molar-refractivity contribution in [3.8, 4) is 0 Å². The van der Waals surface area contributed by atoms with Crippen LogP contribution in [0.25, 0.3) is 0 Å². The van der Waals surface area contributed by atoms with Crippen LogP contribution in [-0.2, 0) is 11.3 Å². The van der Waals surface area contributed by atoms with E-state index in [1.54, 1.807) is 26.3 Å². The van der Waals surface area contributed by atoms with E-state index in [1.165, 1.54) is 4.57 Å². The van der Waals surface area contributed by atoms with Crippen LogP contribution >= 0.6 is 0 Å². The lowest BCUT2D eigenvalue weighted by molar-refractivity contribution is -0.387. The maximum Gasteiger partial charge on any atom is 0.336 e. The number of aromatic nitrogens is 1. The predicted molar refractivity (Wildman–Crippen MR) is 74.8 cm³/mol. The molecule has 0 saturated heterocycles. The molecule has 20 heavy (non-hydrogen) atoms. The molecule has 1 saturated carbocycles. The van der Waals surface area contributed by atoms with Gasteiger partial charge in [0.15, 0.2) is 0 Å². The minimum atomic E-state index is -0.587. The van der Waals surface area contributed by atoms with Crippen molar-refractivity contribution >= 4 is 5.69 Å². The number of aryl methyl sites for hydroxylation is 1. The van der Waals surface area contributed by atoms with Crippen LogP contribution in [0, 0.1) is 23.0 Å². The van der Waals surface area contributed by atoms with Gasteiger partial charge in [-0.25, -0.2) is 0 Å². The van der Waals surface area contributed by atoms with Gasteiger partial charge in [0.05, 0.1) is 11.0 Å². The third-order valence-electron chi connectivity index (χ3n) is 4.11. The fourth-order valence-corrected chi connectivity index (χ4v) is 2.85. The van der Waals surface area contributed by atoms with Gasteiger partial charge in [-0.15, -0.1) is 0 Å². The van der Waals surface area contributed by atoms with Gasteiger partial charge in [-0.05, 0) is 44.6 Å². The Hall–Kier alpha value is -1.69. The molecule has 0 amide bonds. The van der Waals surface area contributed by atoms with Crippen LogP contribution in [0.3, 0.4) is 0 Å². The summed E-state index contributed by atoms with van der Waals surface area (Å²) < 4.78 is 6.80. The first-order valence-electron chi connectivity index (χ1n) is 6.90. The van der Waals surface area contributed by atoms with Crippen molar-refractivity contribution in [3.63, 3.8) is 0 Å². The van der Waals surface area contributed by atoms with Crippen LogP contribution in [0.4, 0.5) is 5.69 Å². The number of pyridine rings is 1. The lowest BCUT2D eigenvalue weighted by Crippen LogP contribution is -2.29. The van der Waals surface area contributed by atoms with Crippen molar-refractivity contribution in [3.05, 3.63) is 38.3 Å². The number of rotatable bonds is 4. The number of methoxy groups -OCH3 is 1. The average Bonchev–Trinajstić information content (AvgIpc) is 2.42. The van der Waals surface area contributed by atoms with Gasteiger partial charge in [-0.1, -0.05) is 0 Å². The van der Waals surface area contributed by atoms with E-state index in [-0.39, 0.29) is 5.69 Å². The summed E-state index contributed by atoms with van der Waals surface area (Å²) in [6.45, 7) is 2.14. The van der Waals surface area contributed by atoms with Crippen molar-refractivity contribution in [2.75, 3.05) is 7.11 Å². The van der Waals surface area contributed by atoms with Crippen molar-refractivity contribution in [2.45, 2.75) is 45.3 Å². The molecule has 1 aromatic rings. The molecule has 1 heterocycles. The first-order chi connectivity index (χ1) is 9.52. The van der Waals surface area contributed by atoms with E-state index >= 15 is 0 Å². The Labute approximate surface area is 117 Å². The standard InChI is InChI=1S/C14H20N2O4/c1-10-7-8-15(14(17)13(10)16(18)19)9-11-3-5-12(20-2)6-4-11/h7-8,11-12H,3-6,9H2,1-2H3. The average molecular weight is 280 g/mol. The first kappa shape index (κ1) is 14.7. The van der Waals surface area contributed by atoms with Crippen molar-refractivity contribution in [2.24, 2.45) is 5.92 Å². The lowest BCUT2D eigenvalue weighted by Gasteiger charge is -2.27. The summed E-state index contributed by atoms with van der Waals surface area (Å²) in [6.07, 6.45) is 5.94. The first-order valence-corrected chi connectivity index (χ1v) is 6.90. The van der Waals surface area contributed by atoms with Gasteiger partial charge in [0.2, 0.25) is 0 Å². The highest BCUT2D eigenvalue weighted by molar-refractivity contribution is 5.35. The van der Waals surface area contributed by atoms with E-state index in [9.17, 15) is 14.9 Å². The van der Waals surface area contributed by atoms with Crippen LogP contribution < -0.4 is 5.56 Å². The minimum absolute atomic E-state index is 0.307. The molecule has 1 aliphatic rings. The number of hydrogen-bond donors (Lipinski definition) is 0. The molecule has 0 unspecified atom stereocenters. The lowest BCUT2D eigenvalue weighted by atomic mass is 9.87. The third kappa shape index (κ3) is 3.07. The fourth-order valence-electron chi connectivity index (χ4n) is 2.85. The maximum absolute atomic E-state index is 12.1. The Morgan fingerprint density at radius 3 is 2.60 bits per heavy atom. The van der Waals surface area contributed by atoms with Crippen LogP contribution in [-0.4, -0.2) is 22.7 Å². The van der Waals surface area contributed by atoms with Crippen LogP contribution in [0.5, 0.6) is 0 Å². The number of ether oxygens (including phenoxy) is 1. The summed E-state index contributed by atoms with van der Waals surface area (Å²) in [5.41, 5.74) is -0.388. The normalized spacial score (nSPS) is 22.7. The maximum atomic E-state index is 12.1. The van der Waals surface area contributed by atoms with E-state index in [2.05, 4.69) is 0 Å². The molecule has 0 N–H and O–H groups in total. The van der Waals surface area contributed by atoms with E-state index in [0.717, 1.165) is 25.7 Å². The Balaban J connectivity index is 2.13. The van der Waals surface area contributed by atoms with Gasteiger partial charge in [-0.3, -0.25) is 14.9 Å². The third-order valence-corrected chi connectivity index (χ3v) is 4.11. The summed E-state index contributed by atoms with van der Waals surface area (Å²) in [4.78, 5) is 22.5. The molecular formula is C14H20N2O4. The van der Waals surface area contributed by atoms with E-state index < -0.39 is 10.5 Å². The number of hydrogen-bond acceptors (Lipinski definition) is 4. The van der Waals surface area contributed by atoms with Crippen LogP contribution in [0.2, 0.25) is 0 Å². The Kier molecular flexibility index (Phi) is 4.54. The molecule has 0 atom stereocenters. The molecule has 0 radical (unpaired) electrons. The van der Waals surface area contributed by atoms with E-state index in [4.69, 9.17) is 4.74 Å². The highest BCUT2D eigenvalue weighted by Gasteiger charge is 2.23. The second-order valence-corrected chi connectivity index (χ2v) is 5.44. The molecular weight excluding hydrogens is 260 g/mol. The molecule has 2 rings (SSSR count). The summed E-state index contributed by atoms with van der Waals surface area (Å²) in [7, 11) is 1.72. The highest BCUT2D eigenvalue weighted by atomic mass is 16.6. The molecule has 0 aromatic carbocycles. The van der Waals surface area contributed by atoms with Crippen molar-refractivity contribution in [1.29, 1.82) is 0 Å². The second-order valence-electron chi connectivity index (χ2n) is 5.44. The number of nitrogens with zero attached hydrogens (tertiary/aromatic N) is 2. The van der Waals surface area contributed by atoms with Gasteiger partial charge in [0.25, 0.3) is 0 Å². The van der Waals surface area contributed by atoms with Crippen LogP contribution in [0.1, 0.15) is 31.2 Å². The van der Waals surface area contributed by atoms with Crippen LogP contribution in [0.15, 0.2) is 17.1 Å². The molecule has 0 spiro atoms. The van der Waals surface area contributed by atoms with E-state index in [0.29, 0.717) is 24.1 Å². The SMILES string of the molecule is COC1CCC(Cn2ccc(C)c([N+](=O)[O-])c2=O)CC1. The monoisotopic (exact) mass is 280 g/mol. The predicted octanol–water partition coefficient (Wildman–Crippen LogP) is 2.27. The highest BCUT2D eigenvalue weighted by Crippen LogP contribution is 2.27. The fraction of sp³-hybridized carbons (Fsp3) is 0.643. The molecule has 1 aliphatic carbocycles. The van der Waals surface area contributed by atoms with Gasteiger partial charge in [-0.2, -0.15) is 0 Å². The van der Waals surface area contributed by atoms with Crippen molar-refractivity contribution < 1.29 is 9.66 Å². The molecule has 110 valence electrons. The van der Waals surface area contributed by atoms with E-state index in [1.807, 2.05) is 0 Å².